The van der Waals surface area contributed by atoms with Crippen molar-refractivity contribution in [3.05, 3.63) is 94.6 Å². The quantitative estimate of drug-likeness (QED) is 0.723. The van der Waals surface area contributed by atoms with Crippen LogP contribution >= 0.6 is 0 Å². The molecule has 6 heterocycles. The van der Waals surface area contributed by atoms with Crippen molar-refractivity contribution >= 4 is 0 Å². The van der Waals surface area contributed by atoms with Crippen LogP contribution in [0.3, 0.4) is 0 Å². The van der Waals surface area contributed by atoms with Crippen molar-refractivity contribution in [1.82, 2.24) is 19.6 Å². The topological polar surface area (TPSA) is 13.0 Å². The number of hydrogen-bond donors (Lipinski definition) is 0. The van der Waals surface area contributed by atoms with E-state index in [1.807, 2.05) is 0 Å². The van der Waals surface area contributed by atoms with Gasteiger partial charge in [0, 0.05) is 51.0 Å². The Morgan fingerprint density at radius 3 is 1.22 bits per heavy atom. The summed E-state index contributed by atoms with van der Waals surface area (Å²) in [6.45, 7) is 4.11. The Morgan fingerprint density at radius 1 is 0.556 bits per heavy atom. The lowest BCUT2D eigenvalue weighted by Gasteiger charge is -2.64. The highest BCUT2D eigenvalue weighted by Gasteiger charge is 2.66. The molecule has 0 N–H and O–H groups in total. The lowest BCUT2D eigenvalue weighted by Crippen LogP contribution is -2.72. The maximum absolute atomic E-state index is 2.59. The van der Waals surface area contributed by atoms with Gasteiger partial charge in [-0.3, -0.25) is 0 Å². The Morgan fingerprint density at radius 2 is 0.889 bits per heavy atom. The Balaban J connectivity index is 1.60. The van der Waals surface area contributed by atoms with Crippen LogP contribution in [0.15, 0.2) is 61.2 Å². The molecule has 0 amide bonds. The van der Waals surface area contributed by atoms with E-state index in [4.69, 9.17) is 0 Å². The van der Waals surface area contributed by atoms with Crippen LogP contribution in [-0.4, -0.2) is 31.9 Å². The predicted octanol–water partition coefficient (Wildman–Crippen LogP) is 2.86. The third-order valence-electron chi connectivity index (χ3n) is 7.68. The van der Waals surface area contributed by atoms with Gasteiger partial charge in [0.05, 0.1) is 5.41 Å². The minimum atomic E-state index is -0.0160. The SMILES string of the molecule is C1=CN2Cc3cccc4c3C35c6c(cccc6CN6C=CN(C4)C63)CN1C25. The molecular formula is C23H20N4. The molecule has 132 valence electrons. The van der Waals surface area contributed by atoms with E-state index in [9.17, 15) is 0 Å². The largest absolute Gasteiger partial charge is 0.350 e. The minimum Gasteiger partial charge on any atom is -0.350 e. The van der Waals surface area contributed by atoms with Gasteiger partial charge in [-0.25, -0.2) is 0 Å². The molecule has 0 saturated heterocycles. The molecule has 6 aliphatic heterocycles. The zero-order valence-corrected chi connectivity index (χ0v) is 15.0. The lowest BCUT2D eigenvalue weighted by atomic mass is 9.57. The molecule has 0 radical (unpaired) electrons. The van der Waals surface area contributed by atoms with Gasteiger partial charge in [0.25, 0.3) is 0 Å². The molecule has 0 aliphatic carbocycles. The minimum absolute atomic E-state index is 0.0160. The van der Waals surface area contributed by atoms with Crippen LogP contribution in [0.2, 0.25) is 0 Å². The summed E-state index contributed by atoms with van der Waals surface area (Å²) in [6, 6.07) is 14.0. The van der Waals surface area contributed by atoms with Crippen molar-refractivity contribution in [2.45, 2.75) is 43.9 Å². The number of benzene rings is 2. The van der Waals surface area contributed by atoms with Crippen LogP contribution in [0.4, 0.5) is 0 Å². The Hall–Kier alpha value is -2.88. The van der Waals surface area contributed by atoms with Gasteiger partial charge in [0.2, 0.25) is 0 Å². The predicted molar refractivity (Wildman–Crippen MR) is 102 cm³/mol. The Bertz CT molecular complexity index is 944. The summed E-state index contributed by atoms with van der Waals surface area (Å²) in [6.07, 6.45) is 10.1. The second kappa shape index (κ2) is 4.01. The van der Waals surface area contributed by atoms with Crippen molar-refractivity contribution in [1.29, 1.82) is 0 Å². The fraction of sp³-hybridized carbons (Fsp3) is 0.304. The van der Waals surface area contributed by atoms with Gasteiger partial charge in [-0.15, -0.1) is 0 Å². The molecule has 4 heteroatoms. The molecule has 27 heavy (non-hydrogen) atoms. The van der Waals surface area contributed by atoms with Gasteiger partial charge in [0.15, 0.2) is 0 Å². The summed E-state index contributed by atoms with van der Waals surface area (Å²) in [7, 11) is 0. The van der Waals surface area contributed by atoms with Gasteiger partial charge < -0.3 is 19.6 Å². The lowest BCUT2D eigenvalue weighted by molar-refractivity contribution is -0.0534. The average Bonchev–Trinajstić information content (AvgIpc) is 3.28. The van der Waals surface area contributed by atoms with Crippen molar-refractivity contribution in [3.8, 4) is 0 Å². The van der Waals surface area contributed by atoms with Gasteiger partial charge in [0.1, 0.15) is 12.3 Å². The molecule has 0 unspecified atom stereocenters. The van der Waals surface area contributed by atoms with E-state index in [1.165, 1.54) is 22.3 Å². The van der Waals surface area contributed by atoms with Gasteiger partial charge in [-0.1, -0.05) is 36.4 Å². The molecular weight excluding hydrogens is 332 g/mol. The molecule has 0 aromatic heterocycles. The number of rotatable bonds is 0. The molecule has 2 aromatic rings. The van der Waals surface area contributed by atoms with E-state index >= 15 is 0 Å². The number of hydrogen-bond acceptors (Lipinski definition) is 4. The van der Waals surface area contributed by atoms with Gasteiger partial charge >= 0.3 is 0 Å². The first-order chi connectivity index (χ1) is 13.4. The van der Waals surface area contributed by atoms with Crippen molar-refractivity contribution < 1.29 is 0 Å². The van der Waals surface area contributed by atoms with Crippen molar-refractivity contribution in [3.63, 3.8) is 0 Å². The standard InChI is InChI=1S/C23H20N4/c1-3-15-11-24-7-9-26-13-17-5-2-6-18-14-27-10-8-25-12-16(4-1)19(15)23(20(17)18,21(24)26)22(25)27/h1-10,21-22H,11-14H2. The Labute approximate surface area is 158 Å². The first-order valence-corrected chi connectivity index (χ1v) is 9.98. The van der Waals surface area contributed by atoms with Crippen LogP contribution in [-0.2, 0) is 31.6 Å². The monoisotopic (exact) mass is 352 g/mol. The molecule has 2 aromatic carbocycles. The van der Waals surface area contributed by atoms with Crippen LogP contribution in [0.5, 0.6) is 0 Å². The van der Waals surface area contributed by atoms with Crippen LogP contribution in [0.25, 0.3) is 0 Å². The highest BCUT2D eigenvalue weighted by atomic mass is 15.5. The average molecular weight is 352 g/mol. The first kappa shape index (κ1) is 13.3. The summed E-state index contributed by atoms with van der Waals surface area (Å²) < 4.78 is 0. The Kier molecular flexibility index (Phi) is 1.98. The van der Waals surface area contributed by atoms with E-state index in [0.717, 1.165) is 26.2 Å². The number of nitrogens with zero attached hydrogens (tertiary/aromatic N) is 4. The first-order valence-electron chi connectivity index (χ1n) is 9.98. The summed E-state index contributed by atoms with van der Waals surface area (Å²) >= 11 is 0. The zero-order chi connectivity index (χ0) is 17.3. The van der Waals surface area contributed by atoms with E-state index in [1.54, 1.807) is 11.1 Å². The summed E-state index contributed by atoms with van der Waals surface area (Å²) in [5.74, 6) is 0. The molecule has 0 atom stereocenters. The smallest absolute Gasteiger partial charge is 0.119 e. The molecule has 8 rings (SSSR count). The van der Waals surface area contributed by atoms with E-state index < -0.39 is 0 Å². The van der Waals surface area contributed by atoms with Crippen LogP contribution < -0.4 is 0 Å². The van der Waals surface area contributed by atoms with Gasteiger partial charge in [-0.2, -0.15) is 0 Å². The van der Waals surface area contributed by atoms with Gasteiger partial charge in [-0.05, 0) is 33.4 Å². The maximum atomic E-state index is 2.59. The molecule has 0 fully saturated rings. The molecule has 0 saturated carbocycles. The fourth-order valence-electron chi connectivity index (χ4n) is 7.11. The molecule has 0 bridgehead atoms. The van der Waals surface area contributed by atoms with Crippen LogP contribution in [0, 0.1) is 0 Å². The molecule has 6 aliphatic rings. The highest BCUT2D eigenvalue weighted by molar-refractivity contribution is 5.62. The molecule has 1 spiro atoms. The second-order valence-corrected chi connectivity index (χ2v) is 8.80. The summed E-state index contributed by atoms with van der Waals surface area (Å²) in [5.41, 5.74) is 9.32. The van der Waals surface area contributed by atoms with Crippen molar-refractivity contribution in [2.24, 2.45) is 0 Å². The van der Waals surface area contributed by atoms with E-state index in [2.05, 4.69) is 80.8 Å². The normalized spacial score (nSPS) is 32.1. The van der Waals surface area contributed by atoms with Crippen LogP contribution in [0.1, 0.15) is 33.4 Å². The summed E-state index contributed by atoms with van der Waals surface area (Å²) in [4.78, 5) is 10.4. The zero-order valence-electron chi connectivity index (χ0n) is 15.0. The van der Waals surface area contributed by atoms with Crippen molar-refractivity contribution in [2.75, 3.05) is 0 Å². The third-order valence-corrected chi connectivity index (χ3v) is 7.68. The third kappa shape index (κ3) is 1.24. The van der Waals surface area contributed by atoms with E-state index in [-0.39, 0.29) is 5.41 Å². The molecule has 4 nitrogen and oxygen atoms in total. The highest BCUT2D eigenvalue weighted by Crippen LogP contribution is 2.61. The summed E-state index contributed by atoms with van der Waals surface area (Å²) in [5, 5.41) is 0. The maximum Gasteiger partial charge on any atom is 0.119 e. The van der Waals surface area contributed by atoms with E-state index in [0.29, 0.717) is 12.3 Å². The fourth-order valence-corrected chi connectivity index (χ4v) is 7.11. The second-order valence-electron chi connectivity index (χ2n) is 8.80.